The molecule has 0 aromatic heterocycles. The number of halogens is 2. The number of benzene rings is 1. The number of ether oxygens (including phenoxy) is 1. The van der Waals surface area contributed by atoms with Gasteiger partial charge in [0.15, 0.2) is 0 Å². The maximum absolute atomic E-state index is 13.7. The molecule has 1 aliphatic rings. The van der Waals surface area contributed by atoms with E-state index in [0.717, 1.165) is 10.4 Å². The lowest BCUT2D eigenvalue weighted by molar-refractivity contribution is 0.0604. The van der Waals surface area contributed by atoms with Gasteiger partial charge in [-0.15, -0.1) is 0 Å². The smallest absolute Gasteiger partial charge is 0.246 e. The Morgan fingerprint density at radius 2 is 1.85 bits per heavy atom. The summed E-state index contributed by atoms with van der Waals surface area (Å²) in [5, 5.41) is 0. The second-order valence-electron chi connectivity index (χ2n) is 4.64. The number of anilines is 1. The second kappa shape index (κ2) is 5.63. The summed E-state index contributed by atoms with van der Waals surface area (Å²) in [5.41, 5.74) is 4.92. The molecule has 1 fully saturated rings. The highest BCUT2D eigenvalue weighted by molar-refractivity contribution is 7.89. The zero-order valence-electron chi connectivity index (χ0n) is 11.0. The molecule has 112 valence electrons. The number of nitrogen functional groups attached to an aromatic ring is 1. The van der Waals surface area contributed by atoms with E-state index in [4.69, 9.17) is 10.5 Å². The zero-order valence-corrected chi connectivity index (χ0v) is 11.8. The lowest BCUT2D eigenvalue weighted by Gasteiger charge is -2.30. The molecule has 0 radical (unpaired) electrons. The third kappa shape index (κ3) is 2.77. The van der Waals surface area contributed by atoms with Crippen LogP contribution in [0.5, 0.6) is 0 Å². The number of hydrogen-bond donors (Lipinski definition) is 1. The number of piperidine rings is 1. The van der Waals surface area contributed by atoms with Crippen LogP contribution >= 0.6 is 0 Å². The van der Waals surface area contributed by atoms with Crippen molar-refractivity contribution in [2.45, 2.75) is 23.8 Å². The number of methoxy groups -OCH3 is 1. The highest BCUT2D eigenvalue weighted by atomic mass is 32.2. The van der Waals surface area contributed by atoms with Crippen LogP contribution in [0.4, 0.5) is 14.5 Å². The second-order valence-corrected chi connectivity index (χ2v) is 6.55. The molecule has 1 aromatic rings. The normalized spacial score (nSPS) is 18.4. The summed E-state index contributed by atoms with van der Waals surface area (Å²) in [4.78, 5) is -0.590. The molecule has 2 rings (SSSR count). The largest absolute Gasteiger partial charge is 0.396 e. The standard InChI is InChI=1S/C12H16F2N2O3S/c1-19-8-2-4-16(5-3-8)20(17,18)12-7-11(15)9(13)6-10(12)14/h6-8H,2-5,15H2,1H3. The van der Waals surface area contributed by atoms with Crippen LogP contribution in [0.2, 0.25) is 0 Å². The van der Waals surface area contributed by atoms with Gasteiger partial charge in [0.25, 0.3) is 0 Å². The minimum Gasteiger partial charge on any atom is -0.396 e. The van der Waals surface area contributed by atoms with Crippen LogP contribution in [0.3, 0.4) is 0 Å². The van der Waals surface area contributed by atoms with Crippen LogP contribution in [-0.2, 0) is 14.8 Å². The molecule has 1 aliphatic heterocycles. The maximum atomic E-state index is 13.7. The van der Waals surface area contributed by atoms with E-state index in [1.54, 1.807) is 7.11 Å². The molecule has 20 heavy (non-hydrogen) atoms. The fourth-order valence-corrected chi connectivity index (χ4v) is 3.74. The Hall–Kier alpha value is -1.25. The summed E-state index contributed by atoms with van der Waals surface area (Å²) in [6.07, 6.45) is 1.08. The monoisotopic (exact) mass is 306 g/mol. The average Bonchev–Trinajstić information content (AvgIpc) is 2.42. The average molecular weight is 306 g/mol. The van der Waals surface area contributed by atoms with E-state index in [1.165, 1.54) is 0 Å². The Morgan fingerprint density at radius 1 is 1.25 bits per heavy atom. The molecular weight excluding hydrogens is 290 g/mol. The Kier molecular flexibility index (Phi) is 4.26. The third-order valence-corrected chi connectivity index (χ3v) is 5.32. The molecule has 0 amide bonds. The number of rotatable bonds is 3. The minimum atomic E-state index is -4.01. The molecule has 0 unspecified atom stereocenters. The molecular formula is C12H16F2N2O3S. The fraction of sp³-hybridized carbons (Fsp3) is 0.500. The van der Waals surface area contributed by atoms with Crippen LogP contribution in [0.15, 0.2) is 17.0 Å². The maximum Gasteiger partial charge on any atom is 0.246 e. The van der Waals surface area contributed by atoms with Crippen LogP contribution in [0.1, 0.15) is 12.8 Å². The molecule has 0 aliphatic carbocycles. The topological polar surface area (TPSA) is 72.6 Å². The molecule has 8 heteroatoms. The van der Waals surface area contributed by atoms with Crippen LogP contribution in [0.25, 0.3) is 0 Å². The third-order valence-electron chi connectivity index (χ3n) is 3.40. The predicted molar refractivity (Wildman–Crippen MR) is 69.6 cm³/mol. The Labute approximate surface area is 116 Å². The highest BCUT2D eigenvalue weighted by Gasteiger charge is 2.32. The molecule has 1 aromatic carbocycles. The van der Waals surface area contributed by atoms with Gasteiger partial charge in [-0.1, -0.05) is 0 Å². The van der Waals surface area contributed by atoms with Crippen molar-refractivity contribution in [2.24, 2.45) is 0 Å². The Balaban J connectivity index is 2.30. The van der Waals surface area contributed by atoms with Gasteiger partial charge in [0.1, 0.15) is 16.5 Å². The minimum absolute atomic E-state index is 0.00424. The molecule has 0 bridgehead atoms. The van der Waals surface area contributed by atoms with Gasteiger partial charge in [-0.05, 0) is 18.9 Å². The van der Waals surface area contributed by atoms with Crippen molar-refractivity contribution in [3.8, 4) is 0 Å². The fourth-order valence-electron chi connectivity index (χ4n) is 2.19. The van der Waals surface area contributed by atoms with E-state index in [1.807, 2.05) is 0 Å². The van der Waals surface area contributed by atoms with E-state index >= 15 is 0 Å². The summed E-state index contributed by atoms with van der Waals surface area (Å²) >= 11 is 0. The molecule has 1 heterocycles. The summed E-state index contributed by atoms with van der Waals surface area (Å²) in [6, 6.07) is 1.31. The van der Waals surface area contributed by atoms with Gasteiger partial charge < -0.3 is 10.5 Å². The zero-order chi connectivity index (χ0) is 14.9. The lowest BCUT2D eigenvalue weighted by Crippen LogP contribution is -2.40. The van der Waals surface area contributed by atoms with Gasteiger partial charge in [0.2, 0.25) is 10.0 Å². The van der Waals surface area contributed by atoms with Crippen LogP contribution < -0.4 is 5.73 Å². The molecule has 2 N–H and O–H groups in total. The lowest BCUT2D eigenvalue weighted by atomic mass is 10.1. The van der Waals surface area contributed by atoms with E-state index in [-0.39, 0.29) is 19.2 Å². The van der Waals surface area contributed by atoms with Gasteiger partial charge in [0.05, 0.1) is 11.8 Å². The van der Waals surface area contributed by atoms with Crippen molar-refractivity contribution < 1.29 is 21.9 Å². The summed E-state index contributed by atoms with van der Waals surface area (Å²) in [7, 11) is -2.44. The Bertz CT molecular complexity index is 599. The Morgan fingerprint density at radius 3 is 2.40 bits per heavy atom. The van der Waals surface area contributed by atoms with Crippen LogP contribution in [-0.4, -0.2) is 39.0 Å². The first kappa shape index (κ1) is 15.1. The molecule has 0 atom stereocenters. The van der Waals surface area contributed by atoms with Crippen molar-refractivity contribution >= 4 is 15.7 Å². The van der Waals surface area contributed by atoms with Crippen molar-refractivity contribution in [1.29, 1.82) is 0 Å². The number of sulfonamides is 1. The van der Waals surface area contributed by atoms with E-state index < -0.39 is 32.2 Å². The number of nitrogens with two attached hydrogens (primary N) is 1. The van der Waals surface area contributed by atoms with Crippen molar-refractivity contribution in [3.05, 3.63) is 23.8 Å². The van der Waals surface area contributed by atoms with Gasteiger partial charge in [0, 0.05) is 26.3 Å². The van der Waals surface area contributed by atoms with Gasteiger partial charge >= 0.3 is 0 Å². The predicted octanol–water partition coefficient (Wildman–Crippen LogP) is 1.35. The summed E-state index contributed by atoms with van der Waals surface area (Å²) in [6.45, 7) is 0.467. The first-order chi connectivity index (χ1) is 9.36. The van der Waals surface area contributed by atoms with Crippen molar-refractivity contribution in [3.63, 3.8) is 0 Å². The summed E-state index contributed by atoms with van der Waals surface area (Å²) in [5.74, 6) is -2.11. The first-order valence-corrected chi connectivity index (χ1v) is 7.57. The van der Waals surface area contributed by atoms with Gasteiger partial charge in [-0.2, -0.15) is 4.31 Å². The molecule has 0 saturated carbocycles. The van der Waals surface area contributed by atoms with Crippen molar-refractivity contribution in [2.75, 3.05) is 25.9 Å². The molecule has 0 spiro atoms. The van der Waals surface area contributed by atoms with E-state index in [0.29, 0.717) is 18.9 Å². The molecule has 1 saturated heterocycles. The molecule has 5 nitrogen and oxygen atoms in total. The number of nitrogens with zero attached hydrogens (tertiary/aromatic N) is 1. The highest BCUT2D eigenvalue weighted by Crippen LogP contribution is 2.26. The first-order valence-electron chi connectivity index (χ1n) is 6.13. The quantitative estimate of drug-likeness (QED) is 0.856. The van der Waals surface area contributed by atoms with E-state index in [9.17, 15) is 17.2 Å². The van der Waals surface area contributed by atoms with E-state index in [2.05, 4.69) is 0 Å². The van der Waals surface area contributed by atoms with Crippen molar-refractivity contribution in [1.82, 2.24) is 4.31 Å². The number of hydrogen-bond acceptors (Lipinski definition) is 4. The SMILES string of the molecule is COC1CCN(S(=O)(=O)c2cc(N)c(F)cc2F)CC1. The summed E-state index contributed by atoms with van der Waals surface area (Å²) < 4.78 is 57.8. The van der Waals surface area contributed by atoms with Crippen LogP contribution in [0, 0.1) is 11.6 Å². The van der Waals surface area contributed by atoms with Gasteiger partial charge in [-0.25, -0.2) is 17.2 Å². The van der Waals surface area contributed by atoms with Gasteiger partial charge in [-0.3, -0.25) is 0 Å².